The van der Waals surface area contributed by atoms with Gasteiger partial charge in [0.15, 0.2) is 5.78 Å². The molecule has 0 bridgehead atoms. The Labute approximate surface area is 123 Å². The van der Waals surface area contributed by atoms with Crippen LogP contribution in [0.2, 0.25) is 0 Å². The Morgan fingerprint density at radius 3 is 2.85 bits per heavy atom. The van der Waals surface area contributed by atoms with Gasteiger partial charge in [-0.3, -0.25) is 4.79 Å². The fourth-order valence-corrected chi connectivity index (χ4v) is 2.46. The molecule has 0 saturated heterocycles. The number of imidazole rings is 1. The van der Waals surface area contributed by atoms with Crippen molar-refractivity contribution in [3.63, 3.8) is 0 Å². The van der Waals surface area contributed by atoms with Gasteiger partial charge in [0.2, 0.25) is 0 Å². The Hall–Kier alpha value is -2.01. The fourth-order valence-electron chi connectivity index (χ4n) is 2.10. The van der Waals surface area contributed by atoms with Crippen molar-refractivity contribution in [3.8, 4) is 0 Å². The van der Waals surface area contributed by atoms with Crippen molar-refractivity contribution in [1.29, 1.82) is 0 Å². The number of hydrogen-bond donors (Lipinski definition) is 0. The first kappa shape index (κ1) is 13.0. The molecule has 3 aromatic rings. The summed E-state index contributed by atoms with van der Waals surface area (Å²) in [6.45, 7) is 0.0634. The highest BCUT2D eigenvalue weighted by Gasteiger charge is 2.15. The van der Waals surface area contributed by atoms with E-state index in [-0.39, 0.29) is 17.9 Å². The summed E-state index contributed by atoms with van der Waals surface area (Å²) < 4.78 is 15.9. The van der Waals surface area contributed by atoms with Crippen molar-refractivity contribution >= 4 is 32.7 Å². The highest BCUT2D eigenvalue weighted by Crippen LogP contribution is 2.20. The zero-order valence-electron chi connectivity index (χ0n) is 10.4. The molecular formula is C15H10BrFN2O. The number of aromatic nitrogens is 2. The zero-order valence-corrected chi connectivity index (χ0v) is 12.0. The van der Waals surface area contributed by atoms with E-state index in [4.69, 9.17) is 0 Å². The summed E-state index contributed by atoms with van der Waals surface area (Å²) in [5, 5.41) is 0. The Morgan fingerprint density at radius 1 is 1.20 bits per heavy atom. The molecule has 20 heavy (non-hydrogen) atoms. The molecule has 0 N–H and O–H groups in total. The van der Waals surface area contributed by atoms with E-state index in [1.54, 1.807) is 23.0 Å². The average Bonchev–Trinajstić information content (AvgIpc) is 2.85. The molecule has 0 aliphatic heterocycles. The van der Waals surface area contributed by atoms with Crippen LogP contribution in [0.4, 0.5) is 4.39 Å². The van der Waals surface area contributed by atoms with Gasteiger partial charge in [0.25, 0.3) is 0 Å². The molecule has 0 unspecified atom stereocenters. The van der Waals surface area contributed by atoms with Gasteiger partial charge < -0.3 is 4.57 Å². The predicted octanol–water partition coefficient (Wildman–Crippen LogP) is 3.82. The molecular weight excluding hydrogens is 323 g/mol. The van der Waals surface area contributed by atoms with Crippen molar-refractivity contribution in [3.05, 3.63) is 64.6 Å². The number of ketones is 1. The van der Waals surface area contributed by atoms with Crippen LogP contribution in [0.5, 0.6) is 0 Å². The third-order valence-electron chi connectivity index (χ3n) is 3.09. The first-order valence-electron chi connectivity index (χ1n) is 6.04. The van der Waals surface area contributed by atoms with E-state index in [1.807, 2.05) is 24.3 Å². The molecule has 3 rings (SSSR count). The number of hydrogen-bond acceptors (Lipinski definition) is 2. The summed E-state index contributed by atoms with van der Waals surface area (Å²) >= 11 is 3.09. The highest BCUT2D eigenvalue weighted by atomic mass is 79.9. The molecule has 1 aromatic heterocycles. The second kappa shape index (κ2) is 5.17. The van der Waals surface area contributed by atoms with Crippen molar-refractivity contribution in [2.45, 2.75) is 6.54 Å². The Morgan fingerprint density at radius 2 is 2.00 bits per heavy atom. The van der Waals surface area contributed by atoms with Crippen LogP contribution in [0.25, 0.3) is 11.0 Å². The number of carbonyl (C=O) groups excluding carboxylic acids is 1. The van der Waals surface area contributed by atoms with Gasteiger partial charge >= 0.3 is 0 Å². The van der Waals surface area contributed by atoms with Gasteiger partial charge in [0.05, 0.1) is 33.9 Å². The molecule has 0 atom stereocenters. The number of rotatable bonds is 3. The third kappa shape index (κ3) is 2.25. The molecule has 0 saturated carbocycles. The predicted molar refractivity (Wildman–Crippen MR) is 78.2 cm³/mol. The zero-order chi connectivity index (χ0) is 14.1. The molecule has 5 heteroatoms. The van der Waals surface area contributed by atoms with Gasteiger partial charge in [-0.25, -0.2) is 9.37 Å². The standard InChI is InChI=1S/C15H10BrFN2O/c16-11-5-3-4-10(15(11)17)14(20)8-19-9-18-12-6-1-2-7-13(12)19/h1-7,9H,8H2. The van der Waals surface area contributed by atoms with Crippen LogP contribution in [0.15, 0.2) is 53.3 Å². The maximum Gasteiger partial charge on any atom is 0.185 e. The monoisotopic (exact) mass is 332 g/mol. The number of benzene rings is 2. The lowest BCUT2D eigenvalue weighted by atomic mass is 10.1. The summed E-state index contributed by atoms with van der Waals surface area (Å²) in [5.74, 6) is -0.811. The Balaban J connectivity index is 1.95. The molecule has 0 aliphatic carbocycles. The first-order chi connectivity index (χ1) is 9.66. The minimum absolute atomic E-state index is 0.0634. The van der Waals surface area contributed by atoms with Crippen molar-refractivity contribution < 1.29 is 9.18 Å². The molecule has 0 radical (unpaired) electrons. The van der Waals surface area contributed by atoms with Crippen molar-refractivity contribution in [1.82, 2.24) is 9.55 Å². The second-order valence-corrected chi connectivity index (χ2v) is 5.24. The molecule has 1 heterocycles. The summed E-state index contributed by atoms with van der Waals surface area (Å²) in [4.78, 5) is 16.4. The van der Waals surface area contributed by atoms with E-state index in [9.17, 15) is 9.18 Å². The van der Waals surface area contributed by atoms with Crippen molar-refractivity contribution in [2.24, 2.45) is 0 Å². The number of halogens is 2. The second-order valence-electron chi connectivity index (χ2n) is 4.39. The maximum atomic E-state index is 13.9. The number of carbonyl (C=O) groups is 1. The van der Waals surface area contributed by atoms with E-state index in [2.05, 4.69) is 20.9 Å². The molecule has 0 fully saturated rings. The van der Waals surface area contributed by atoms with E-state index in [0.29, 0.717) is 4.47 Å². The van der Waals surface area contributed by atoms with Gasteiger partial charge in [0, 0.05) is 0 Å². The van der Waals surface area contributed by atoms with Crippen LogP contribution < -0.4 is 0 Å². The Kier molecular flexibility index (Phi) is 3.36. The van der Waals surface area contributed by atoms with Crippen LogP contribution in [0.1, 0.15) is 10.4 Å². The molecule has 100 valence electrons. The van der Waals surface area contributed by atoms with Crippen LogP contribution in [0, 0.1) is 5.82 Å². The average molecular weight is 333 g/mol. The summed E-state index contributed by atoms with van der Waals surface area (Å²) in [7, 11) is 0. The van der Waals surface area contributed by atoms with Crippen LogP contribution in [0.3, 0.4) is 0 Å². The molecule has 0 aliphatic rings. The topological polar surface area (TPSA) is 34.9 Å². The van der Waals surface area contributed by atoms with Crippen molar-refractivity contribution in [2.75, 3.05) is 0 Å². The summed E-state index contributed by atoms with van der Waals surface area (Å²) in [6, 6.07) is 12.2. The lowest BCUT2D eigenvalue weighted by Crippen LogP contribution is -2.11. The number of nitrogens with zero attached hydrogens (tertiary/aromatic N) is 2. The normalized spacial score (nSPS) is 10.9. The van der Waals surface area contributed by atoms with Gasteiger partial charge in [-0.1, -0.05) is 18.2 Å². The summed E-state index contributed by atoms with van der Waals surface area (Å²) in [5.41, 5.74) is 1.75. The molecule has 2 aromatic carbocycles. The minimum atomic E-state index is -0.526. The lowest BCUT2D eigenvalue weighted by molar-refractivity contribution is 0.0969. The van der Waals surface area contributed by atoms with Gasteiger partial charge in [-0.15, -0.1) is 0 Å². The van der Waals surface area contributed by atoms with E-state index >= 15 is 0 Å². The molecule has 0 amide bonds. The number of para-hydroxylation sites is 2. The number of fused-ring (bicyclic) bond motifs is 1. The third-order valence-corrected chi connectivity index (χ3v) is 3.71. The molecule has 0 spiro atoms. The number of Topliss-reactive ketones (excluding diaryl/α,β-unsaturated/α-hetero) is 1. The van der Waals surface area contributed by atoms with E-state index in [0.717, 1.165) is 11.0 Å². The van der Waals surface area contributed by atoms with E-state index in [1.165, 1.54) is 6.07 Å². The molecule has 3 nitrogen and oxygen atoms in total. The Bertz CT molecular complexity index is 797. The fraction of sp³-hybridized carbons (Fsp3) is 0.0667. The quantitative estimate of drug-likeness (QED) is 0.683. The first-order valence-corrected chi connectivity index (χ1v) is 6.83. The van der Waals surface area contributed by atoms with E-state index < -0.39 is 5.82 Å². The van der Waals surface area contributed by atoms with Crippen LogP contribution in [-0.2, 0) is 6.54 Å². The van der Waals surface area contributed by atoms with Gasteiger partial charge in [-0.05, 0) is 40.2 Å². The SMILES string of the molecule is O=C(Cn1cnc2ccccc21)c1cccc(Br)c1F. The smallest absolute Gasteiger partial charge is 0.185 e. The highest BCUT2D eigenvalue weighted by molar-refractivity contribution is 9.10. The lowest BCUT2D eigenvalue weighted by Gasteiger charge is -2.06. The summed E-state index contributed by atoms with van der Waals surface area (Å²) in [6.07, 6.45) is 1.60. The van der Waals surface area contributed by atoms with Gasteiger partial charge in [-0.2, -0.15) is 0 Å². The maximum absolute atomic E-state index is 13.9. The van der Waals surface area contributed by atoms with Crippen LogP contribution >= 0.6 is 15.9 Å². The largest absolute Gasteiger partial charge is 0.323 e. The minimum Gasteiger partial charge on any atom is -0.323 e. The van der Waals surface area contributed by atoms with Crippen LogP contribution in [-0.4, -0.2) is 15.3 Å². The van der Waals surface area contributed by atoms with Gasteiger partial charge in [0.1, 0.15) is 5.82 Å².